The first-order valence-electron chi connectivity index (χ1n) is 5.53. The number of carbonyl (C=O) groups is 1. The predicted molar refractivity (Wildman–Crippen MR) is 76.4 cm³/mol. The Bertz CT molecular complexity index is 614. The molecule has 0 aliphatic rings. The van der Waals surface area contributed by atoms with Crippen molar-refractivity contribution in [3.63, 3.8) is 0 Å². The summed E-state index contributed by atoms with van der Waals surface area (Å²) in [6, 6.07) is 11.8. The molecular formula is C14H11Cl2NO2. The second-order valence-electron chi connectivity index (χ2n) is 3.91. The van der Waals surface area contributed by atoms with Gasteiger partial charge in [0.2, 0.25) is 0 Å². The van der Waals surface area contributed by atoms with Crippen molar-refractivity contribution in [2.24, 2.45) is 0 Å². The van der Waals surface area contributed by atoms with Crippen molar-refractivity contribution in [1.29, 1.82) is 0 Å². The zero-order chi connectivity index (χ0) is 13.8. The SMILES string of the molecule is Nc1ccccc1C(=O)OCc1ccc(Cl)c(Cl)c1. The van der Waals surface area contributed by atoms with Crippen LogP contribution in [0.5, 0.6) is 0 Å². The highest BCUT2D eigenvalue weighted by molar-refractivity contribution is 6.42. The van der Waals surface area contributed by atoms with Crippen LogP contribution in [0.1, 0.15) is 15.9 Å². The van der Waals surface area contributed by atoms with Crippen LogP contribution in [0.4, 0.5) is 5.69 Å². The zero-order valence-corrected chi connectivity index (χ0v) is 11.4. The van der Waals surface area contributed by atoms with Gasteiger partial charge in [0.05, 0.1) is 15.6 Å². The van der Waals surface area contributed by atoms with E-state index in [4.69, 9.17) is 33.7 Å². The van der Waals surface area contributed by atoms with Crippen LogP contribution in [0.3, 0.4) is 0 Å². The number of ether oxygens (including phenoxy) is 1. The topological polar surface area (TPSA) is 52.3 Å². The van der Waals surface area contributed by atoms with E-state index in [1.54, 1.807) is 42.5 Å². The summed E-state index contributed by atoms with van der Waals surface area (Å²) in [5.74, 6) is -0.468. The van der Waals surface area contributed by atoms with E-state index < -0.39 is 5.97 Å². The van der Waals surface area contributed by atoms with Gasteiger partial charge in [-0.1, -0.05) is 41.4 Å². The molecule has 2 rings (SSSR count). The fourth-order valence-corrected chi connectivity index (χ4v) is 1.86. The summed E-state index contributed by atoms with van der Waals surface area (Å²) in [5.41, 5.74) is 7.20. The van der Waals surface area contributed by atoms with Crippen molar-refractivity contribution in [3.05, 3.63) is 63.6 Å². The minimum atomic E-state index is -0.468. The molecule has 0 unspecified atom stereocenters. The number of halogens is 2. The zero-order valence-electron chi connectivity index (χ0n) is 9.90. The van der Waals surface area contributed by atoms with Gasteiger partial charge in [-0.3, -0.25) is 0 Å². The number of nitrogen functional groups attached to an aromatic ring is 1. The molecule has 0 spiro atoms. The number of para-hydroxylation sites is 1. The molecule has 5 heteroatoms. The second-order valence-corrected chi connectivity index (χ2v) is 4.73. The van der Waals surface area contributed by atoms with E-state index in [1.807, 2.05) is 0 Å². The summed E-state index contributed by atoms with van der Waals surface area (Å²) in [5, 5.41) is 0.887. The molecule has 0 atom stereocenters. The van der Waals surface area contributed by atoms with Gasteiger partial charge in [0, 0.05) is 5.69 Å². The molecule has 0 aliphatic heterocycles. The number of anilines is 1. The van der Waals surface area contributed by atoms with Crippen molar-refractivity contribution in [2.45, 2.75) is 6.61 Å². The van der Waals surface area contributed by atoms with Crippen LogP contribution in [0.25, 0.3) is 0 Å². The van der Waals surface area contributed by atoms with E-state index in [-0.39, 0.29) is 6.61 Å². The van der Waals surface area contributed by atoms with Crippen LogP contribution in [0.15, 0.2) is 42.5 Å². The minimum Gasteiger partial charge on any atom is -0.457 e. The molecule has 0 fully saturated rings. The molecule has 2 aromatic carbocycles. The van der Waals surface area contributed by atoms with Gasteiger partial charge in [0.25, 0.3) is 0 Å². The summed E-state index contributed by atoms with van der Waals surface area (Å²) in [7, 11) is 0. The van der Waals surface area contributed by atoms with Gasteiger partial charge in [-0.2, -0.15) is 0 Å². The maximum atomic E-state index is 11.8. The summed E-state index contributed by atoms with van der Waals surface area (Å²) in [6.07, 6.45) is 0. The Morgan fingerprint density at radius 1 is 1.11 bits per heavy atom. The van der Waals surface area contributed by atoms with Gasteiger partial charge in [-0.05, 0) is 29.8 Å². The number of nitrogens with two attached hydrogens (primary N) is 1. The fourth-order valence-electron chi connectivity index (χ4n) is 1.54. The fraction of sp³-hybridized carbons (Fsp3) is 0.0714. The minimum absolute atomic E-state index is 0.115. The van der Waals surface area contributed by atoms with Crippen LogP contribution in [-0.2, 0) is 11.3 Å². The number of hydrogen-bond acceptors (Lipinski definition) is 3. The number of benzene rings is 2. The Morgan fingerprint density at radius 2 is 1.84 bits per heavy atom. The Labute approximate surface area is 120 Å². The third kappa shape index (κ3) is 3.40. The molecule has 0 radical (unpaired) electrons. The van der Waals surface area contributed by atoms with Crippen LogP contribution in [-0.4, -0.2) is 5.97 Å². The van der Waals surface area contributed by atoms with Gasteiger partial charge in [0.15, 0.2) is 0 Å². The molecule has 0 aliphatic carbocycles. The lowest BCUT2D eigenvalue weighted by molar-refractivity contribution is 0.0474. The average Bonchev–Trinajstić information content (AvgIpc) is 2.40. The highest BCUT2D eigenvalue weighted by Crippen LogP contribution is 2.23. The molecular weight excluding hydrogens is 285 g/mol. The van der Waals surface area contributed by atoms with Gasteiger partial charge < -0.3 is 10.5 Å². The van der Waals surface area contributed by atoms with Crippen LogP contribution < -0.4 is 5.73 Å². The Morgan fingerprint density at radius 3 is 2.53 bits per heavy atom. The van der Waals surface area contributed by atoms with Crippen molar-refractivity contribution in [2.75, 3.05) is 5.73 Å². The molecule has 0 amide bonds. The summed E-state index contributed by atoms with van der Waals surface area (Å²) in [6.45, 7) is 0.115. The van der Waals surface area contributed by atoms with Crippen molar-refractivity contribution in [1.82, 2.24) is 0 Å². The second kappa shape index (κ2) is 5.95. The molecule has 0 saturated heterocycles. The van der Waals surface area contributed by atoms with E-state index in [0.29, 0.717) is 21.3 Å². The summed E-state index contributed by atoms with van der Waals surface area (Å²) in [4.78, 5) is 11.8. The maximum absolute atomic E-state index is 11.8. The summed E-state index contributed by atoms with van der Waals surface area (Å²) < 4.78 is 5.17. The molecule has 0 bridgehead atoms. The molecule has 0 saturated carbocycles. The van der Waals surface area contributed by atoms with E-state index >= 15 is 0 Å². The van der Waals surface area contributed by atoms with Crippen molar-refractivity contribution < 1.29 is 9.53 Å². The highest BCUT2D eigenvalue weighted by atomic mass is 35.5. The van der Waals surface area contributed by atoms with E-state index in [1.165, 1.54) is 0 Å². The summed E-state index contributed by atoms with van der Waals surface area (Å²) >= 11 is 11.7. The number of esters is 1. The molecule has 2 N–H and O–H groups in total. The first-order valence-corrected chi connectivity index (χ1v) is 6.29. The number of rotatable bonds is 3. The van der Waals surface area contributed by atoms with Gasteiger partial charge in [-0.25, -0.2) is 4.79 Å². The third-order valence-electron chi connectivity index (χ3n) is 2.53. The standard InChI is InChI=1S/C14H11Cl2NO2/c15-11-6-5-9(7-12(11)16)8-19-14(18)10-3-1-2-4-13(10)17/h1-7H,8,17H2. The third-order valence-corrected chi connectivity index (χ3v) is 3.27. The van der Waals surface area contributed by atoms with Gasteiger partial charge >= 0.3 is 5.97 Å². The highest BCUT2D eigenvalue weighted by Gasteiger charge is 2.10. The largest absolute Gasteiger partial charge is 0.457 e. The Balaban J connectivity index is 2.04. The average molecular weight is 296 g/mol. The van der Waals surface area contributed by atoms with Crippen molar-refractivity contribution >= 4 is 34.9 Å². The van der Waals surface area contributed by atoms with Crippen LogP contribution >= 0.6 is 23.2 Å². The first kappa shape index (κ1) is 13.7. The normalized spacial score (nSPS) is 10.2. The quantitative estimate of drug-likeness (QED) is 0.689. The van der Waals surface area contributed by atoms with Crippen LogP contribution in [0, 0.1) is 0 Å². The molecule has 0 heterocycles. The Kier molecular flexibility index (Phi) is 4.30. The van der Waals surface area contributed by atoms with E-state index in [9.17, 15) is 4.79 Å². The molecule has 2 aromatic rings. The van der Waals surface area contributed by atoms with Crippen molar-refractivity contribution in [3.8, 4) is 0 Å². The molecule has 98 valence electrons. The smallest absolute Gasteiger partial charge is 0.340 e. The lowest BCUT2D eigenvalue weighted by Crippen LogP contribution is -2.08. The molecule has 0 aromatic heterocycles. The predicted octanol–water partition coefficient (Wildman–Crippen LogP) is 3.93. The first-order chi connectivity index (χ1) is 9.08. The maximum Gasteiger partial charge on any atom is 0.340 e. The molecule has 19 heavy (non-hydrogen) atoms. The Hall–Kier alpha value is -1.71. The van der Waals surface area contributed by atoms with Crippen LogP contribution in [0.2, 0.25) is 10.0 Å². The van der Waals surface area contributed by atoms with E-state index in [2.05, 4.69) is 0 Å². The lowest BCUT2D eigenvalue weighted by Gasteiger charge is -2.07. The monoisotopic (exact) mass is 295 g/mol. The lowest BCUT2D eigenvalue weighted by atomic mass is 10.2. The molecule has 3 nitrogen and oxygen atoms in total. The van der Waals surface area contributed by atoms with E-state index in [0.717, 1.165) is 5.56 Å². The van der Waals surface area contributed by atoms with Gasteiger partial charge in [-0.15, -0.1) is 0 Å². The number of carbonyl (C=O) groups excluding carboxylic acids is 1. The number of hydrogen-bond donors (Lipinski definition) is 1. The van der Waals surface area contributed by atoms with Gasteiger partial charge in [0.1, 0.15) is 6.61 Å².